The summed E-state index contributed by atoms with van der Waals surface area (Å²) in [4.78, 5) is 15.3. The fourth-order valence-corrected chi connectivity index (χ4v) is 1.30. The largest absolute Gasteiger partial charge is 0.472 e. The van der Waals surface area contributed by atoms with Crippen LogP contribution in [0.15, 0.2) is 35.5 Å². The van der Waals surface area contributed by atoms with Crippen LogP contribution < -0.4 is 0 Å². The SMILES string of the molecule is c1ncc2[nH]c(-c3ccoc3)nc2n1. The molecule has 0 saturated carbocycles. The molecular weight excluding hydrogens is 180 g/mol. The summed E-state index contributed by atoms with van der Waals surface area (Å²) in [6.07, 6.45) is 6.40. The summed E-state index contributed by atoms with van der Waals surface area (Å²) in [5.41, 5.74) is 2.39. The van der Waals surface area contributed by atoms with E-state index < -0.39 is 0 Å². The molecule has 5 nitrogen and oxygen atoms in total. The molecule has 0 unspecified atom stereocenters. The summed E-state index contributed by atoms with van der Waals surface area (Å²) in [5.74, 6) is 0.745. The molecule has 0 amide bonds. The van der Waals surface area contributed by atoms with Gasteiger partial charge in [0.25, 0.3) is 0 Å². The van der Waals surface area contributed by atoms with Gasteiger partial charge in [-0.05, 0) is 6.07 Å². The minimum atomic E-state index is 0.663. The Labute approximate surface area is 78.8 Å². The number of fused-ring (bicyclic) bond motifs is 1. The van der Waals surface area contributed by atoms with Crippen LogP contribution in [-0.2, 0) is 0 Å². The molecule has 0 aromatic carbocycles. The number of imidazole rings is 1. The second kappa shape index (κ2) is 2.66. The highest BCUT2D eigenvalue weighted by Crippen LogP contribution is 2.18. The van der Waals surface area contributed by atoms with Crippen molar-refractivity contribution in [3.63, 3.8) is 0 Å². The molecule has 0 atom stereocenters. The van der Waals surface area contributed by atoms with Gasteiger partial charge in [-0.1, -0.05) is 0 Å². The van der Waals surface area contributed by atoms with Gasteiger partial charge in [0.15, 0.2) is 5.65 Å². The van der Waals surface area contributed by atoms with Crippen LogP contribution in [0.1, 0.15) is 0 Å². The van der Waals surface area contributed by atoms with Gasteiger partial charge in [-0.15, -0.1) is 0 Å². The normalized spacial score (nSPS) is 10.9. The number of hydrogen-bond acceptors (Lipinski definition) is 4. The zero-order chi connectivity index (χ0) is 9.38. The summed E-state index contributed by atoms with van der Waals surface area (Å²) in [7, 11) is 0. The molecule has 1 N–H and O–H groups in total. The maximum atomic E-state index is 4.97. The van der Waals surface area contributed by atoms with Gasteiger partial charge >= 0.3 is 0 Å². The minimum Gasteiger partial charge on any atom is -0.472 e. The van der Waals surface area contributed by atoms with Gasteiger partial charge in [0, 0.05) is 0 Å². The van der Waals surface area contributed by atoms with Gasteiger partial charge in [-0.3, -0.25) is 0 Å². The smallest absolute Gasteiger partial charge is 0.181 e. The number of aromatic amines is 1. The summed E-state index contributed by atoms with van der Waals surface area (Å²) in [6.45, 7) is 0. The molecule has 0 aliphatic rings. The van der Waals surface area contributed by atoms with Crippen molar-refractivity contribution in [1.82, 2.24) is 19.9 Å². The van der Waals surface area contributed by atoms with Gasteiger partial charge in [-0.25, -0.2) is 15.0 Å². The van der Waals surface area contributed by atoms with E-state index in [0.717, 1.165) is 16.9 Å². The lowest BCUT2D eigenvalue weighted by atomic mass is 10.3. The predicted octanol–water partition coefficient (Wildman–Crippen LogP) is 1.61. The molecule has 68 valence electrons. The molecular formula is C9H6N4O. The van der Waals surface area contributed by atoms with Crippen molar-refractivity contribution in [3.8, 4) is 11.4 Å². The fourth-order valence-electron chi connectivity index (χ4n) is 1.30. The predicted molar refractivity (Wildman–Crippen MR) is 49.4 cm³/mol. The number of aromatic nitrogens is 4. The zero-order valence-corrected chi connectivity index (χ0v) is 7.14. The monoisotopic (exact) mass is 186 g/mol. The van der Waals surface area contributed by atoms with E-state index in [-0.39, 0.29) is 0 Å². The third-order valence-corrected chi connectivity index (χ3v) is 1.96. The van der Waals surface area contributed by atoms with Crippen molar-refractivity contribution in [2.24, 2.45) is 0 Å². The minimum absolute atomic E-state index is 0.663. The number of rotatable bonds is 1. The molecule has 3 heterocycles. The van der Waals surface area contributed by atoms with E-state index in [0.29, 0.717) is 5.65 Å². The van der Waals surface area contributed by atoms with Crippen molar-refractivity contribution in [2.45, 2.75) is 0 Å². The highest BCUT2D eigenvalue weighted by atomic mass is 16.3. The standard InChI is InChI=1S/C9H6N4O/c1-2-14-4-6(1)8-12-7-3-10-5-11-9(7)13-8/h1-5H,(H,10,11,12,13). The maximum Gasteiger partial charge on any atom is 0.181 e. The summed E-state index contributed by atoms with van der Waals surface area (Å²) < 4.78 is 4.97. The second-order valence-corrected chi connectivity index (χ2v) is 2.86. The first-order valence-electron chi connectivity index (χ1n) is 4.12. The molecule has 0 saturated heterocycles. The molecule has 0 bridgehead atoms. The molecule has 0 aliphatic heterocycles. The molecule has 14 heavy (non-hydrogen) atoms. The van der Waals surface area contributed by atoms with Gasteiger partial charge in [0.1, 0.15) is 23.9 Å². The van der Waals surface area contributed by atoms with Crippen LogP contribution in [0.5, 0.6) is 0 Å². The lowest BCUT2D eigenvalue weighted by Crippen LogP contribution is -1.76. The average Bonchev–Trinajstić information content (AvgIpc) is 2.86. The van der Waals surface area contributed by atoms with Crippen LogP contribution >= 0.6 is 0 Å². The first kappa shape index (κ1) is 7.25. The van der Waals surface area contributed by atoms with Crippen LogP contribution in [-0.4, -0.2) is 19.9 Å². The highest BCUT2D eigenvalue weighted by Gasteiger charge is 2.05. The van der Waals surface area contributed by atoms with Crippen molar-refractivity contribution in [3.05, 3.63) is 31.1 Å². The number of hydrogen-bond donors (Lipinski definition) is 1. The maximum absolute atomic E-state index is 4.97. The van der Waals surface area contributed by atoms with Gasteiger partial charge in [-0.2, -0.15) is 0 Å². The third kappa shape index (κ3) is 0.990. The van der Waals surface area contributed by atoms with Gasteiger partial charge < -0.3 is 9.40 Å². The average molecular weight is 186 g/mol. The van der Waals surface area contributed by atoms with Crippen molar-refractivity contribution in [2.75, 3.05) is 0 Å². The Kier molecular flexibility index (Phi) is 1.38. The van der Waals surface area contributed by atoms with Gasteiger partial charge in [0.2, 0.25) is 0 Å². The van der Waals surface area contributed by atoms with E-state index >= 15 is 0 Å². The van der Waals surface area contributed by atoms with Crippen LogP contribution in [0, 0.1) is 0 Å². The molecule has 3 aromatic rings. The Bertz CT molecular complexity index is 522. The van der Waals surface area contributed by atoms with Gasteiger partial charge in [0.05, 0.1) is 18.0 Å². The Balaban J connectivity index is 2.24. The number of nitrogens with zero attached hydrogens (tertiary/aromatic N) is 3. The number of furan rings is 1. The molecule has 3 aromatic heterocycles. The summed E-state index contributed by atoms with van der Waals surface area (Å²) >= 11 is 0. The van der Waals surface area contributed by atoms with E-state index in [4.69, 9.17) is 4.42 Å². The first-order chi connectivity index (χ1) is 6.93. The van der Waals surface area contributed by atoms with E-state index in [1.165, 1.54) is 6.33 Å². The molecule has 0 spiro atoms. The Morgan fingerprint density at radius 3 is 3.14 bits per heavy atom. The summed E-state index contributed by atoms with van der Waals surface area (Å²) in [5, 5.41) is 0. The number of nitrogens with one attached hydrogen (secondary N) is 1. The van der Waals surface area contributed by atoms with E-state index in [9.17, 15) is 0 Å². The van der Waals surface area contributed by atoms with Crippen LogP contribution in [0.25, 0.3) is 22.6 Å². The number of H-pyrrole nitrogens is 1. The molecule has 0 fully saturated rings. The van der Waals surface area contributed by atoms with Crippen molar-refractivity contribution < 1.29 is 4.42 Å². The van der Waals surface area contributed by atoms with Crippen molar-refractivity contribution >= 4 is 11.2 Å². The lowest BCUT2D eigenvalue weighted by molar-refractivity contribution is 0.568. The van der Waals surface area contributed by atoms with E-state index in [1.807, 2.05) is 6.07 Å². The second-order valence-electron chi connectivity index (χ2n) is 2.86. The lowest BCUT2D eigenvalue weighted by Gasteiger charge is -1.84. The van der Waals surface area contributed by atoms with Crippen molar-refractivity contribution in [1.29, 1.82) is 0 Å². The first-order valence-corrected chi connectivity index (χ1v) is 4.12. The quantitative estimate of drug-likeness (QED) is 0.626. The fraction of sp³-hybridized carbons (Fsp3) is 0. The van der Waals surface area contributed by atoms with E-state index in [1.54, 1.807) is 18.7 Å². The molecule has 5 heteroatoms. The molecule has 0 radical (unpaired) electrons. The van der Waals surface area contributed by atoms with E-state index in [2.05, 4.69) is 19.9 Å². The molecule has 3 rings (SSSR count). The Morgan fingerprint density at radius 1 is 1.36 bits per heavy atom. The zero-order valence-electron chi connectivity index (χ0n) is 7.14. The topological polar surface area (TPSA) is 67.6 Å². The molecule has 0 aliphatic carbocycles. The van der Waals surface area contributed by atoms with Crippen LogP contribution in [0.3, 0.4) is 0 Å². The van der Waals surface area contributed by atoms with Crippen LogP contribution in [0.2, 0.25) is 0 Å². The summed E-state index contributed by atoms with van der Waals surface area (Å²) in [6, 6.07) is 1.84. The Hall–Kier alpha value is -2.17. The highest BCUT2D eigenvalue weighted by molar-refractivity contribution is 5.74. The van der Waals surface area contributed by atoms with Crippen LogP contribution in [0.4, 0.5) is 0 Å². The third-order valence-electron chi connectivity index (χ3n) is 1.96. The Morgan fingerprint density at radius 2 is 2.36 bits per heavy atom.